The first-order valence-corrected chi connectivity index (χ1v) is 4.54. The van der Waals surface area contributed by atoms with Crippen molar-refractivity contribution in [3.8, 4) is 0 Å². The molecule has 11 heavy (non-hydrogen) atoms. The summed E-state index contributed by atoms with van der Waals surface area (Å²) in [6.07, 6.45) is 0. The fourth-order valence-corrected chi connectivity index (χ4v) is 0.852. The normalized spacial score (nSPS) is 14.3. The van der Waals surface area contributed by atoms with Crippen LogP contribution in [-0.2, 0) is 0 Å². The smallest absolute Gasteiger partial charge is 0.0442 e. The third-order valence-corrected chi connectivity index (χ3v) is 2.43. The van der Waals surface area contributed by atoms with Gasteiger partial charge in [-0.05, 0) is 20.8 Å². The molecule has 0 atom stereocenters. The molecule has 0 heterocycles. The third kappa shape index (κ3) is 3.76. The highest BCUT2D eigenvalue weighted by Crippen LogP contribution is 2.19. The summed E-state index contributed by atoms with van der Waals surface area (Å²) in [5.74, 6) is 0.634. The molecular formula is C9H18ClN. The van der Waals surface area contributed by atoms with Crippen molar-refractivity contribution >= 4 is 17.3 Å². The Hall–Kier alpha value is -0.0400. The number of aliphatic imine (C=N–C) groups is 1. The predicted molar refractivity (Wildman–Crippen MR) is 52.7 cm³/mol. The van der Waals surface area contributed by atoms with Crippen molar-refractivity contribution in [3.05, 3.63) is 0 Å². The summed E-state index contributed by atoms with van der Waals surface area (Å²) < 4.78 is 0. The molecule has 2 heteroatoms. The summed E-state index contributed by atoms with van der Waals surface area (Å²) in [6.45, 7) is 10.4. The van der Waals surface area contributed by atoms with Gasteiger partial charge in [-0.25, -0.2) is 0 Å². The molecule has 0 spiro atoms. The molecule has 0 aromatic heterocycles. The van der Waals surface area contributed by atoms with Crippen molar-refractivity contribution < 1.29 is 0 Å². The number of halogens is 1. The van der Waals surface area contributed by atoms with Crippen LogP contribution >= 0.6 is 11.6 Å². The second kappa shape index (κ2) is 4.10. The summed E-state index contributed by atoms with van der Waals surface area (Å²) in [5.41, 5.74) is 1.19. The topological polar surface area (TPSA) is 12.4 Å². The van der Waals surface area contributed by atoms with Gasteiger partial charge in [0.15, 0.2) is 0 Å². The predicted octanol–water partition coefficient (Wildman–Crippen LogP) is 3.12. The molecule has 0 saturated heterocycles. The van der Waals surface area contributed by atoms with Gasteiger partial charge in [0.1, 0.15) is 0 Å². The summed E-state index contributed by atoms with van der Waals surface area (Å²) in [6, 6.07) is 0.373. The lowest BCUT2D eigenvalue weighted by atomic mass is 9.90. The number of alkyl halides is 1. The van der Waals surface area contributed by atoms with E-state index in [1.54, 1.807) is 0 Å². The van der Waals surface area contributed by atoms with Crippen molar-refractivity contribution in [2.45, 2.75) is 40.7 Å². The Morgan fingerprint density at radius 2 is 1.91 bits per heavy atom. The van der Waals surface area contributed by atoms with E-state index in [0.29, 0.717) is 11.9 Å². The highest BCUT2D eigenvalue weighted by molar-refractivity contribution is 6.20. The molecule has 0 unspecified atom stereocenters. The first-order valence-electron chi connectivity index (χ1n) is 4.01. The van der Waals surface area contributed by atoms with Crippen LogP contribution in [0, 0.1) is 5.41 Å². The minimum absolute atomic E-state index is 0.0474. The lowest BCUT2D eigenvalue weighted by Gasteiger charge is -2.21. The SMILES string of the molecule is CC(=NC(C)C)C(C)(C)CCl. The molecule has 0 radical (unpaired) electrons. The molecule has 0 saturated carbocycles. The lowest BCUT2D eigenvalue weighted by Crippen LogP contribution is -2.24. The number of hydrogen-bond donors (Lipinski definition) is 0. The van der Waals surface area contributed by atoms with Crippen LogP contribution in [0.5, 0.6) is 0 Å². The molecule has 0 amide bonds. The average Bonchev–Trinajstić information content (AvgIpc) is 1.86. The highest BCUT2D eigenvalue weighted by Gasteiger charge is 2.19. The Kier molecular flexibility index (Phi) is 4.09. The Labute approximate surface area is 74.9 Å². The Balaban J connectivity index is 4.33. The first-order chi connectivity index (χ1) is 4.90. The van der Waals surface area contributed by atoms with Crippen LogP contribution in [0.1, 0.15) is 34.6 Å². The first kappa shape index (κ1) is 11.0. The van der Waals surface area contributed by atoms with Crippen molar-refractivity contribution in [1.29, 1.82) is 0 Å². The molecule has 0 aliphatic carbocycles. The Morgan fingerprint density at radius 3 is 2.18 bits per heavy atom. The number of rotatable bonds is 3. The van der Waals surface area contributed by atoms with Gasteiger partial charge in [0.05, 0.1) is 0 Å². The zero-order chi connectivity index (χ0) is 9.07. The van der Waals surface area contributed by atoms with Crippen LogP contribution in [0.4, 0.5) is 0 Å². The molecule has 0 fully saturated rings. The van der Waals surface area contributed by atoms with E-state index in [-0.39, 0.29) is 5.41 Å². The van der Waals surface area contributed by atoms with Crippen LogP contribution < -0.4 is 0 Å². The van der Waals surface area contributed by atoms with E-state index < -0.39 is 0 Å². The van der Waals surface area contributed by atoms with Crippen LogP contribution in [0.25, 0.3) is 0 Å². The second-order valence-electron chi connectivity index (χ2n) is 3.83. The summed E-state index contributed by atoms with van der Waals surface area (Å²) in [5, 5.41) is 0. The lowest BCUT2D eigenvalue weighted by molar-refractivity contribution is 0.587. The van der Waals surface area contributed by atoms with Crippen LogP contribution in [0.2, 0.25) is 0 Å². The quantitative estimate of drug-likeness (QED) is 0.462. The number of hydrogen-bond acceptors (Lipinski definition) is 1. The maximum absolute atomic E-state index is 5.79. The average molecular weight is 176 g/mol. The molecule has 0 bridgehead atoms. The molecule has 0 aliphatic heterocycles. The minimum atomic E-state index is 0.0474. The monoisotopic (exact) mass is 175 g/mol. The van der Waals surface area contributed by atoms with Gasteiger partial charge < -0.3 is 0 Å². The highest BCUT2D eigenvalue weighted by atomic mass is 35.5. The van der Waals surface area contributed by atoms with Gasteiger partial charge in [-0.2, -0.15) is 0 Å². The van der Waals surface area contributed by atoms with E-state index in [0.717, 1.165) is 5.71 Å². The van der Waals surface area contributed by atoms with Crippen LogP contribution in [0.15, 0.2) is 4.99 Å². The molecule has 0 aromatic carbocycles. The van der Waals surface area contributed by atoms with Crippen LogP contribution in [-0.4, -0.2) is 17.6 Å². The molecular weight excluding hydrogens is 158 g/mol. The van der Waals surface area contributed by atoms with Gasteiger partial charge in [0.2, 0.25) is 0 Å². The summed E-state index contributed by atoms with van der Waals surface area (Å²) in [7, 11) is 0. The Bertz CT molecular complexity index is 148. The zero-order valence-corrected chi connectivity index (χ0v) is 8.87. The molecule has 1 nitrogen and oxygen atoms in total. The van der Waals surface area contributed by atoms with Gasteiger partial charge in [-0.3, -0.25) is 4.99 Å². The van der Waals surface area contributed by atoms with Crippen LogP contribution in [0.3, 0.4) is 0 Å². The third-order valence-electron chi connectivity index (χ3n) is 1.77. The van der Waals surface area contributed by atoms with Crippen molar-refractivity contribution in [2.75, 3.05) is 5.88 Å². The molecule has 66 valence electrons. The maximum Gasteiger partial charge on any atom is 0.0442 e. The van der Waals surface area contributed by atoms with E-state index in [4.69, 9.17) is 11.6 Å². The van der Waals surface area contributed by atoms with Gasteiger partial charge in [0.25, 0.3) is 0 Å². The van der Waals surface area contributed by atoms with Crippen molar-refractivity contribution in [2.24, 2.45) is 10.4 Å². The standard InChI is InChI=1S/C9H18ClN/c1-7(2)11-8(3)9(4,5)6-10/h7H,6H2,1-5H3. The summed E-state index contributed by atoms with van der Waals surface area (Å²) in [4.78, 5) is 4.45. The van der Waals surface area contributed by atoms with E-state index in [1.165, 1.54) is 0 Å². The number of nitrogens with zero attached hydrogens (tertiary/aromatic N) is 1. The Morgan fingerprint density at radius 1 is 1.45 bits per heavy atom. The summed E-state index contributed by atoms with van der Waals surface area (Å²) >= 11 is 5.79. The van der Waals surface area contributed by atoms with Crippen molar-refractivity contribution in [1.82, 2.24) is 0 Å². The molecule has 0 aromatic rings. The van der Waals surface area contributed by atoms with Gasteiger partial charge in [0, 0.05) is 23.0 Å². The second-order valence-corrected chi connectivity index (χ2v) is 4.09. The van der Waals surface area contributed by atoms with E-state index in [2.05, 4.69) is 32.7 Å². The molecule has 0 N–H and O–H groups in total. The molecule has 0 rings (SSSR count). The van der Waals surface area contributed by atoms with Gasteiger partial charge in [-0.1, -0.05) is 13.8 Å². The van der Waals surface area contributed by atoms with Crippen molar-refractivity contribution in [3.63, 3.8) is 0 Å². The fourth-order valence-electron chi connectivity index (χ4n) is 0.659. The molecule has 0 aliphatic rings. The fraction of sp³-hybridized carbons (Fsp3) is 0.889. The van der Waals surface area contributed by atoms with E-state index in [1.807, 2.05) is 6.92 Å². The van der Waals surface area contributed by atoms with Gasteiger partial charge >= 0.3 is 0 Å². The largest absolute Gasteiger partial charge is 0.291 e. The minimum Gasteiger partial charge on any atom is -0.291 e. The van der Waals surface area contributed by atoms with E-state index in [9.17, 15) is 0 Å². The van der Waals surface area contributed by atoms with E-state index >= 15 is 0 Å². The zero-order valence-electron chi connectivity index (χ0n) is 8.11. The maximum atomic E-state index is 5.79. The van der Waals surface area contributed by atoms with Gasteiger partial charge in [-0.15, -0.1) is 11.6 Å².